The molecule has 0 bridgehead atoms. The summed E-state index contributed by atoms with van der Waals surface area (Å²) in [5, 5.41) is 9.65. The Bertz CT molecular complexity index is 1450. The molecular weight excluding hydrogens is 534 g/mol. The van der Waals surface area contributed by atoms with Crippen LogP contribution < -0.4 is 14.5 Å². The first-order valence-corrected chi connectivity index (χ1v) is 14.7. The van der Waals surface area contributed by atoms with Gasteiger partial charge < -0.3 is 29.3 Å². The van der Waals surface area contributed by atoms with Gasteiger partial charge in [-0.3, -0.25) is 14.4 Å². The maximum atomic E-state index is 14.5. The minimum absolute atomic E-state index is 0.126. The molecular formula is C33H37N3O6. The summed E-state index contributed by atoms with van der Waals surface area (Å²) in [5.74, 6) is -1.75. The molecule has 0 aliphatic carbocycles. The zero-order valence-electron chi connectivity index (χ0n) is 24.2. The molecule has 1 unspecified atom stereocenters. The number of benzene rings is 2. The number of rotatable bonds is 7. The Balaban J connectivity index is 1.40. The monoisotopic (exact) mass is 571 g/mol. The Morgan fingerprint density at radius 2 is 1.74 bits per heavy atom. The van der Waals surface area contributed by atoms with Crippen LogP contribution in [0.2, 0.25) is 0 Å². The van der Waals surface area contributed by atoms with E-state index in [2.05, 4.69) is 0 Å². The first kappa shape index (κ1) is 28.2. The van der Waals surface area contributed by atoms with E-state index in [0.29, 0.717) is 37.6 Å². The first-order valence-electron chi connectivity index (χ1n) is 14.7. The number of hydrogen-bond acceptors (Lipinski definition) is 6. The number of amides is 3. The summed E-state index contributed by atoms with van der Waals surface area (Å²) in [5.41, 5.74) is 2.14. The van der Waals surface area contributed by atoms with Gasteiger partial charge in [0.2, 0.25) is 11.8 Å². The molecule has 5 atom stereocenters. The molecule has 9 nitrogen and oxygen atoms in total. The van der Waals surface area contributed by atoms with E-state index in [1.807, 2.05) is 87.5 Å². The summed E-state index contributed by atoms with van der Waals surface area (Å²) in [7, 11) is 0. The number of aryl methyl sites for hydroxylation is 2. The Hall–Kier alpha value is -3.95. The highest BCUT2D eigenvalue weighted by Gasteiger charge is 2.71. The molecule has 1 N–H and O–H groups in total. The molecule has 2 saturated heterocycles. The van der Waals surface area contributed by atoms with Crippen LogP contribution in [0.4, 0.5) is 11.4 Å². The number of hydrogen-bond donors (Lipinski definition) is 1. The summed E-state index contributed by atoms with van der Waals surface area (Å²) < 4.78 is 12.3. The fraction of sp³-hybridized carbons (Fsp3) is 0.424. The van der Waals surface area contributed by atoms with Crippen LogP contribution in [0.25, 0.3) is 0 Å². The van der Waals surface area contributed by atoms with Crippen LogP contribution in [0.1, 0.15) is 24.5 Å². The lowest BCUT2D eigenvalue weighted by Crippen LogP contribution is -2.55. The number of fused-ring (bicyclic) bond motifs is 2. The highest BCUT2D eigenvalue weighted by Crippen LogP contribution is 2.54. The standard InChI is InChI=1S/C33H37N3O6/c1-4-41-24-13-11-23(12-14-24)34-16-5-8-26-27(30(34)38)28-31(39)36(18-7-19-37)29-32(40)35(17-6-15-33(28,29)42-26)25-20-21(2)9-10-22(25)3/h5-6,8-15,20,26-29,37H,4,7,16-19H2,1-3H3/t26-,27+,28+,29?,33+/m1/s1. The lowest BCUT2D eigenvalue weighted by atomic mass is 9.77. The van der Waals surface area contributed by atoms with Gasteiger partial charge >= 0.3 is 0 Å². The van der Waals surface area contributed by atoms with Crippen molar-refractivity contribution in [2.45, 2.75) is 44.9 Å². The average molecular weight is 572 g/mol. The van der Waals surface area contributed by atoms with Crippen LogP contribution >= 0.6 is 0 Å². The van der Waals surface area contributed by atoms with Gasteiger partial charge in [0.05, 0.1) is 24.5 Å². The second kappa shape index (κ2) is 11.0. The van der Waals surface area contributed by atoms with Crippen molar-refractivity contribution in [2.75, 3.05) is 42.6 Å². The number of carbonyl (C=O) groups excluding carboxylic acids is 3. The van der Waals surface area contributed by atoms with Crippen LogP contribution in [0.5, 0.6) is 5.75 Å². The SMILES string of the molecule is CCOc1ccc(N2CC=C[C@H]3O[C@]45C=CCN(c6cc(C)ccc6C)C(=O)C4N(CCCO)C(=O)[C@@H]5[C@H]3C2=O)cc1. The first-order chi connectivity index (χ1) is 20.3. The number of likely N-dealkylation sites (tertiary alicyclic amines) is 1. The van der Waals surface area contributed by atoms with Crippen molar-refractivity contribution in [3.05, 3.63) is 77.9 Å². The molecule has 4 aliphatic heterocycles. The molecule has 2 fully saturated rings. The van der Waals surface area contributed by atoms with E-state index < -0.39 is 29.6 Å². The lowest BCUT2D eigenvalue weighted by molar-refractivity contribution is -0.140. The van der Waals surface area contributed by atoms with Gasteiger partial charge in [0, 0.05) is 37.6 Å². The van der Waals surface area contributed by atoms with Gasteiger partial charge in [-0.2, -0.15) is 0 Å². The fourth-order valence-corrected chi connectivity index (χ4v) is 6.97. The summed E-state index contributed by atoms with van der Waals surface area (Å²) in [4.78, 5) is 48.0. The molecule has 6 rings (SSSR count). The highest BCUT2D eigenvalue weighted by atomic mass is 16.5. The zero-order chi connectivity index (χ0) is 29.6. The van der Waals surface area contributed by atoms with Crippen LogP contribution in [0.3, 0.4) is 0 Å². The lowest BCUT2D eigenvalue weighted by Gasteiger charge is -2.35. The summed E-state index contributed by atoms with van der Waals surface area (Å²) in [6.07, 6.45) is 7.14. The summed E-state index contributed by atoms with van der Waals surface area (Å²) >= 11 is 0. The molecule has 220 valence electrons. The van der Waals surface area contributed by atoms with E-state index in [-0.39, 0.29) is 30.9 Å². The minimum Gasteiger partial charge on any atom is -0.494 e. The van der Waals surface area contributed by atoms with Crippen molar-refractivity contribution >= 4 is 29.1 Å². The Labute approximate surface area is 246 Å². The zero-order valence-corrected chi connectivity index (χ0v) is 24.2. The van der Waals surface area contributed by atoms with E-state index in [9.17, 15) is 19.5 Å². The fourth-order valence-electron chi connectivity index (χ4n) is 6.97. The quantitative estimate of drug-likeness (QED) is 0.513. The van der Waals surface area contributed by atoms with Gasteiger partial charge in [0.25, 0.3) is 5.91 Å². The molecule has 2 aromatic rings. The molecule has 0 radical (unpaired) electrons. The highest BCUT2D eigenvalue weighted by molar-refractivity contribution is 6.07. The number of aliphatic hydroxyl groups excluding tert-OH is 1. The van der Waals surface area contributed by atoms with Crippen molar-refractivity contribution in [3.63, 3.8) is 0 Å². The topological polar surface area (TPSA) is 99.6 Å². The van der Waals surface area contributed by atoms with E-state index in [1.54, 1.807) is 9.80 Å². The van der Waals surface area contributed by atoms with E-state index in [4.69, 9.17) is 9.47 Å². The van der Waals surface area contributed by atoms with Gasteiger partial charge in [0.15, 0.2) is 0 Å². The third kappa shape index (κ3) is 4.42. The molecule has 42 heavy (non-hydrogen) atoms. The smallest absolute Gasteiger partial charge is 0.253 e. The van der Waals surface area contributed by atoms with Crippen molar-refractivity contribution in [3.8, 4) is 5.75 Å². The maximum absolute atomic E-state index is 14.5. The largest absolute Gasteiger partial charge is 0.494 e. The Morgan fingerprint density at radius 3 is 2.48 bits per heavy atom. The third-order valence-electron chi connectivity index (χ3n) is 8.83. The number of ether oxygens (including phenoxy) is 2. The van der Waals surface area contributed by atoms with Gasteiger partial charge in [0.1, 0.15) is 17.4 Å². The van der Waals surface area contributed by atoms with Crippen LogP contribution in [0.15, 0.2) is 66.8 Å². The Morgan fingerprint density at radius 1 is 0.976 bits per heavy atom. The predicted octanol–water partition coefficient (Wildman–Crippen LogP) is 3.17. The summed E-state index contributed by atoms with van der Waals surface area (Å²) in [6.45, 7) is 7.11. The molecule has 2 aromatic carbocycles. The number of aliphatic hydroxyl groups is 1. The third-order valence-corrected chi connectivity index (χ3v) is 8.83. The van der Waals surface area contributed by atoms with E-state index in [0.717, 1.165) is 16.8 Å². The number of carbonyl (C=O) groups is 3. The normalized spacial score (nSPS) is 28.5. The van der Waals surface area contributed by atoms with E-state index >= 15 is 0 Å². The van der Waals surface area contributed by atoms with Crippen molar-refractivity contribution < 1.29 is 29.0 Å². The predicted molar refractivity (Wildman–Crippen MR) is 158 cm³/mol. The van der Waals surface area contributed by atoms with Crippen LogP contribution in [0, 0.1) is 25.7 Å². The molecule has 9 heteroatoms. The average Bonchev–Trinajstić information content (AvgIpc) is 3.29. The van der Waals surface area contributed by atoms with E-state index in [1.165, 1.54) is 4.90 Å². The van der Waals surface area contributed by atoms with Crippen molar-refractivity contribution in [1.82, 2.24) is 4.90 Å². The van der Waals surface area contributed by atoms with Crippen LogP contribution in [-0.2, 0) is 19.1 Å². The minimum atomic E-state index is -1.31. The second-order valence-electron chi connectivity index (χ2n) is 11.4. The molecule has 4 aliphatic rings. The maximum Gasteiger partial charge on any atom is 0.253 e. The van der Waals surface area contributed by atoms with Crippen LogP contribution in [-0.4, -0.2) is 78.3 Å². The van der Waals surface area contributed by atoms with Gasteiger partial charge in [-0.1, -0.05) is 36.4 Å². The van der Waals surface area contributed by atoms with Crippen molar-refractivity contribution in [1.29, 1.82) is 0 Å². The number of nitrogens with zero attached hydrogens (tertiary/aromatic N) is 3. The van der Waals surface area contributed by atoms with Crippen molar-refractivity contribution in [2.24, 2.45) is 11.8 Å². The molecule has 3 amide bonds. The van der Waals surface area contributed by atoms with Gasteiger partial charge in [-0.05, 0) is 68.7 Å². The summed E-state index contributed by atoms with van der Waals surface area (Å²) in [6, 6.07) is 12.3. The molecule has 4 heterocycles. The molecule has 0 saturated carbocycles. The Kier molecular flexibility index (Phi) is 7.41. The van der Waals surface area contributed by atoms with Gasteiger partial charge in [-0.25, -0.2) is 0 Å². The molecule has 1 spiro atoms. The molecule has 0 aromatic heterocycles. The second-order valence-corrected chi connectivity index (χ2v) is 11.4. The number of anilines is 2. The van der Waals surface area contributed by atoms with Gasteiger partial charge in [-0.15, -0.1) is 0 Å².